The van der Waals surface area contributed by atoms with Gasteiger partial charge in [0.05, 0.1) is 5.56 Å². The van der Waals surface area contributed by atoms with Gasteiger partial charge in [0.2, 0.25) is 5.91 Å². The minimum absolute atomic E-state index is 0.0322. The fourth-order valence-corrected chi connectivity index (χ4v) is 2.75. The Hall–Kier alpha value is -2.38. The summed E-state index contributed by atoms with van der Waals surface area (Å²) in [6, 6.07) is 4.97. The number of carbonyl (C=O) groups is 1. The summed E-state index contributed by atoms with van der Waals surface area (Å²) >= 11 is 0. The van der Waals surface area contributed by atoms with Crippen LogP contribution in [0.15, 0.2) is 36.9 Å². The lowest BCUT2D eigenvalue weighted by Gasteiger charge is -2.39. The van der Waals surface area contributed by atoms with Crippen molar-refractivity contribution in [3.05, 3.63) is 48.0 Å². The van der Waals surface area contributed by atoms with Crippen LogP contribution in [0, 0.1) is 5.92 Å². The Morgan fingerprint density at radius 1 is 1.21 bits per heavy atom. The number of amides is 1. The largest absolute Gasteiger partial charge is 0.416 e. The van der Waals surface area contributed by atoms with Crippen molar-refractivity contribution in [3.8, 4) is 0 Å². The van der Waals surface area contributed by atoms with Crippen LogP contribution in [0.25, 0.3) is 0 Å². The van der Waals surface area contributed by atoms with Crippen LogP contribution in [0.3, 0.4) is 0 Å². The zero-order valence-corrected chi connectivity index (χ0v) is 12.9. The lowest BCUT2D eigenvalue weighted by atomic mass is 9.99. The predicted octanol–water partition coefficient (Wildman–Crippen LogP) is 2.39. The molecule has 3 rings (SSSR count). The maximum atomic E-state index is 12.5. The van der Waals surface area contributed by atoms with Crippen LogP contribution in [-0.2, 0) is 23.9 Å². The van der Waals surface area contributed by atoms with Crippen LogP contribution in [-0.4, -0.2) is 38.7 Å². The van der Waals surface area contributed by atoms with Crippen molar-refractivity contribution in [2.24, 2.45) is 5.92 Å². The van der Waals surface area contributed by atoms with E-state index in [0.29, 0.717) is 31.8 Å². The summed E-state index contributed by atoms with van der Waals surface area (Å²) < 4.78 is 39.2. The minimum atomic E-state index is -4.33. The molecule has 1 aliphatic heterocycles. The standard InChI is InChI=1S/C16H17F3N4O/c17-16(18,19)14-4-1-12(2-5-14)3-6-15(24)22-7-13(8-22)9-23-11-20-10-21-23/h1-2,4-5,10-11,13H,3,6-9H2. The smallest absolute Gasteiger partial charge is 0.342 e. The quantitative estimate of drug-likeness (QED) is 0.841. The van der Waals surface area contributed by atoms with Gasteiger partial charge in [-0.25, -0.2) is 4.98 Å². The molecule has 0 spiro atoms. The topological polar surface area (TPSA) is 51.0 Å². The van der Waals surface area contributed by atoms with Crippen molar-refractivity contribution < 1.29 is 18.0 Å². The van der Waals surface area contributed by atoms with Gasteiger partial charge in [-0.1, -0.05) is 12.1 Å². The molecule has 0 saturated carbocycles. The molecule has 0 aliphatic carbocycles. The molecule has 0 bridgehead atoms. The van der Waals surface area contributed by atoms with Crippen LogP contribution in [0.2, 0.25) is 0 Å². The van der Waals surface area contributed by atoms with E-state index in [4.69, 9.17) is 0 Å². The first-order valence-electron chi connectivity index (χ1n) is 7.68. The Kier molecular flexibility index (Phi) is 4.55. The molecule has 1 aromatic carbocycles. The van der Waals surface area contributed by atoms with Crippen molar-refractivity contribution >= 4 is 5.91 Å². The number of alkyl halides is 3. The van der Waals surface area contributed by atoms with Gasteiger partial charge >= 0.3 is 6.18 Å². The lowest BCUT2D eigenvalue weighted by Crippen LogP contribution is -2.51. The van der Waals surface area contributed by atoms with Gasteiger partial charge in [0, 0.05) is 32.0 Å². The molecule has 1 aromatic heterocycles. The molecule has 2 heterocycles. The molecule has 5 nitrogen and oxygen atoms in total. The third-order valence-corrected chi connectivity index (χ3v) is 4.13. The highest BCUT2D eigenvalue weighted by Crippen LogP contribution is 2.29. The number of likely N-dealkylation sites (tertiary alicyclic amines) is 1. The molecule has 1 saturated heterocycles. The normalized spacial score (nSPS) is 15.4. The third-order valence-electron chi connectivity index (χ3n) is 4.13. The van der Waals surface area contributed by atoms with Crippen molar-refractivity contribution in [2.75, 3.05) is 13.1 Å². The zero-order valence-electron chi connectivity index (χ0n) is 12.9. The van der Waals surface area contributed by atoms with Gasteiger partial charge in [-0.15, -0.1) is 0 Å². The highest BCUT2D eigenvalue weighted by Gasteiger charge is 2.31. The molecule has 2 aromatic rings. The molecular weight excluding hydrogens is 321 g/mol. The van der Waals surface area contributed by atoms with Crippen molar-refractivity contribution in [2.45, 2.75) is 25.6 Å². The molecule has 1 fully saturated rings. The summed E-state index contributed by atoms with van der Waals surface area (Å²) in [5.41, 5.74) is 0.0623. The molecule has 0 N–H and O–H groups in total. The molecule has 8 heteroatoms. The highest BCUT2D eigenvalue weighted by molar-refractivity contribution is 5.77. The SMILES string of the molecule is O=C(CCc1ccc(C(F)(F)F)cc1)N1CC(Cn2cncn2)C1. The molecular formula is C16H17F3N4O. The van der Waals surface area contributed by atoms with Gasteiger partial charge in [-0.3, -0.25) is 9.48 Å². The molecule has 24 heavy (non-hydrogen) atoms. The van der Waals surface area contributed by atoms with E-state index in [-0.39, 0.29) is 5.91 Å². The summed E-state index contributed by atoms with van der Waals surface area (Å²) in [4.78, 5) is 17.7. The molecule has 0 atom stereocenters. The summed E-state index contributed by atoms with van der Waals surface area (Å²) in [7, 11) is 0. The Morgan fingerprint density at radius 2 is 1.92 bits per heavy atom. The van der Waals surface area contributed by atoms with Gasteiger partial charge in [0.15, 0.2) is 0 Å². The highest BCUT2D eigenvalue weighted by atomic mass is 19.4. The number of halogens is 3. The van der Waals surface area contributed by atoms with E-state index >= 15 is 0 Å². The molecule has 0 unspecified atom stereocenters. The van der Waals surface area contributed by atoms with E-state index in [1.807, 2.05) is 0 Å². The summed E-state index contributed by atoms with van der Waals surface area (Å²) in [6.07, 6.45) is -0.450. The summed E-state index contributed by atoms with van der Waals surface area (Å²) in [6.45, 7) is 2.11. The first-order valence-corrected chi connectivity index (χ1v) is 7.68. The van der Waals surface area contributed by atoms with Gasteiger partial charge in [-0.05, 0) is 24.1 Å². The number of rotatable bonds is 5. The van der Waals surface area contributed by atoms with Gasteiger partial charge in [0.1, 0.15) is 12.7 Å². The summed E-state index contributed by atoms with van der Waals surface area (Å²) in [5.74, 6) is 0.409. The molecule has 0 radical (unpaired) electrons. The van der Waals surface area contributed by atoms with Crippen LogP contribution >= 0.6 is 0 Å². The van der Waals surface area contributed by atoms with Gasteiger partial charge in [0.25, 0.3) is 0 Å². The van der Waals surface area contributed by atoms with Crippen molar-refractivity contribution in [3.63, 3.8) is 0 Å². The first kappa shape index (κ1) is 16.5. The Morgan fingerprint density at radius 3 is 2.50 bits per heavy atom. The average Bonchev–Trinajstić information content (AvgIpc) is 3.01. The maximum absolute atomic E-state index is 12.5. The van der Waals surface area contributed by atoms with E-state index in [2.05, 4.69) is 10.1 Å². The molecule has 1 aliphatic rings. The zero-order chi connectivity index (χ0) is 17.2. The second kappa shape index (κ2) is 6.62. The predicted molar refractivity (Wildman–Crippen MR) is 79.9 cm³/mol. The maximum Gasteiger partial charge on any atom is 0.416 e. The minimum Gasteiger partial charge on any atom is -0.342 e. The average molecular weight is 338 g/mol. The number of aryl methyl sites for hydroxylation is 1. The lowest BCUT2D eigenvalue weighted by molar-refractivity contribution is -0.138. The number of carbonyl (C=O) groups excluding carboxylic acids is 1. The van der Waals surface area contributed by atoms with Crippen LogP contribution < -0.4 is 0 Å². The van der Waals surface area contributed by atoms with E-state index in [9.17, 15) is 18.0 Å². The van der Waals surface area contributed by atoms with E-state index < -0.39 is 11.7 Å². The monoisotopic (exact) mass is 338 g/mol. The van der Waals surface area contributed by atoms with Crippen LogP contribution in [0.5, 0.6) is 0 Å². The van der Waals surface area contributed by atoms with Gasteiger partial charge in [-0.2, -0.15) is 18.3 Å². The molecule has 128 valence electrons. The Bertz CT molecular complexity index is 676. The second-order valence-corrected chi connectivity index (χ2v) is 5.98. The van der Waals surface area contributed by atoms with E-state index in [1.165, 1.54) is 18.5 Å². The van der Waals surface area contributed by atoms with Gasteiger partial charge < -0.3 is 4.90 Å². The van der Waals surface area contributed by atoms with Crippen LogP contribution in [0.4, 0.5) is 13.2 Å². The van der Waals surface area contributed by atoms with Crippen LogP contribution in [0.1, 0.15) is 17.5 Å². The van der Waals surface area contributed by atoms with Crippen molar-refractivity contribution in [1.29, 1.82) is 0 Å². The first-order chi connectivity index (χ1) is 11.4. The third kappa shape index (κ3) is 3.93. The van der Waals surface area contributed by atoms with E-state index in [0.717, 1.165) is 24.2 Å². The Labute approximate surface area is 137 Å². The Balaban J connectivity index is 1.42. The number of nitrogens with zero attached hydrogens (tertiary/aromatic N) is 4. The number of benzene rings is 1. The number of hydrogen-bond donors (Lipinski definition) is 0. The number of aromatic nitrogens is 3. The fourth-order valence-electron chi connectivity index (χ4n) is 2.75. The number of hydrogen-bond acceptors (Lipinski definition) is 3. The molecule has 1 amide bonds. The fraction of sp³-hybridized carbons (Fsp3) is 0.438. The van der Waals surface area contributed by atoms with Crippen molar-refractivity contribution in [1.82, 2.24) is 19.7 Å². The van der Waals surface area contributed by atoms with E-state index in [1.54, 1.807) is 15.9 Å². The second-order valence-electron chi connectivity index (χ2n) is 5.98. The summed E-state index contributed by atoms with van der Waals surface area (Å²) in [5, 5.41) is 4.03.